The molecule has 190 valence electrons. The maximum atomic E-state index is 13.5. The van der Waals surface area contributed by atoms with Gasteiger partial charge in [-0.05, 0) is 49.2 Å². The van der Waals surface area contributed by atoms with Gasteiger partial charge in [-0.2, -0.15) is 9.40 Å². The van der Waals surface area contributed by atoms with Crippen LogP contribution in [-0.2, 0) is 21.8 Å². The van der Waals surface area contributed by atoms with E-state index in [1.54, 1.807) is 25.2 Å². The topological polar surface area (TPSA) is 114 Å². The van der Waals surface area contributed by atoms with Crippen LogP contribution in [0.25, 0.3) is 0 Å². The average Bonchev–Trinajstić information content (AvgIpc) is 3.28. The first-order chi connectivity index (χ1) is 17.1. The number of aromatic nitrogens is 2. The van der Waals surface area contributed by atoms with Gasteiger partial charge in [0.1, 0.15) is 0 Å². The maximum Gasteiger partial charge on any atom is 0.337 e. The smallest absolute Gasteiger partial charge is 0.337 e. The van der Waals surface area contributed by atoms with Crippen molar-refractivity contribution in [2.24, 2.45) is 7.05 Å². The summed E-state index contributed by atoms with van der Waals surface area (Å²) in [6.07, 6.45) is 1.37. The molecule has 0 unspecified atom stereocenters. The normalized spacial score (nSPS) is 14.5. The number of anilines is 2. The van der Waals surface area contributed by atoms with Crippen molar-refractivity contribution in [1.29, 1.82) is 0 Å². The summed E-state index contributed by atoms with van der Waals surface area (Å²) in [4.78, 5) is 27.0. The standard InChI is InChI=1S/C25H29N5O5S/c1-17-7-5-10-22(18(17)2)29-11-13-30(14-12-29)36(33,34)24-21(16-28(3)27-24)23(31)26-20-9-6-8-19(15-20)25(32)35-4/h5-10,15-16H,11-14H2,1-4H3,(H,26,31). The molecule has 0 bridgehead atoms. The quantitative estimate of drug-likeness (QED) is 0.506. The molecule has 2 aromatic carbocycles. The van der Waals surface area contributed by atoms with E-state index in [1.165, 1.54) is 39.5 Å². The predicted molar refractivity (Wildman–Crippen MR) is 136 cm³/mol. The van der Waals surface area contributed by atoms with Gasteiger partial charge in [0.2, 0.25) is 5.03 Å². The number of ether oxygens (including phenoxy) is 1. The van der Waals surface area contributed by atoms with E-state index >= 15 is 0 Å². The first-order valence-corrected chi connectivity index (χ1v) is 12.9. The Morgan fingerprint density at radius 2 is 1.72 bits per heavy atom. The van der Waals surface area contributed by atoms with Crippen LogP contribution in [0, 0.1) is 13.8 Å². The van der Waals surface area contributed by atoms with Crippen LogP contribution in [0.15, 0.2) is 53.7 Å². The van der Waals surface area contributed by atoms with Crippen LogP contribution in [-0.4, -0.2) is 67.7 Å². The zero-order chi connectivity index (χ0) is 26.0. The first-order valence-electron chi connectivity index (χ1n) is 11.5. The highest BCUT2D eigenvalue weighted by atomic mass is 32.2. The number of methoxy groups -OCH3 is 1. The molecule has 0 saturated carbocycles. The minimum Gasteiger partial charge on any atom is -0.465 e. The fourth-order valence-corrected chi connectivity index (χ4v) is 5.77. The van der Waals surface area contributed by atoms with Gasteiger partial charge in [-0.15, -0.1) is 0 Å². The van der Waals surface area contributed by atoms with Crippen molar-refractivity contribution in [3.05, 3.63) is 70.9 Å². The number of rotatable bonds is 6. The lowest BCUT2D eigenvalue weighted by atomic mass is 10.1. The van der Waals surface area contributed by atoms with Crippen molar-refractivity contribution in [2.45, 2.75) is 18.9 Å². The zero-order valence-electron chi connectivity index (χ0n) is 20.7. The van der Waals surface area contributed by atoms with Gasteiger partial charge in [-0.3, -0.25) is 9.48 Å². The predicted octanol–water partition coefficient (Wildman–Crippen LogP) is 2.59. The highest BCUT2D eigenvalue weighted by Gasteiger charge is 2.35. The molecular weight excluding hydrogens is 482 g/mol. The second-order valence-electron chi connectivity index (χ2n) is 8.66. The van der Waals surface area contributed by atoms with Gasteiger partial charge in [-0.25, -0.2) is 13.2 Å². The Kier molecular flexibility index (Phi) is 7.14. The fraction of sp³-hybridized carbons (Fsp3) is 0.320. The van der Waals surface area contributed by atoms with Crippen molar-refractivity contribution in [3.8, 4) is 0 Å². The Hall–Kier alpha value is -3.70. The number of benzene rings is 2. The lowest BCUT2D eigenvalue weighted by molar-refractivity contribution is 0.0600. The minimum absolute atomic E-state index is 0.0714. The van der Waals surface area contributed by atoms with Gasteiger partial charge >= 0.3 is 5.97 Å². The Balaban J connectivity index is 1.53. The van der Waals surface area contributed by atoms with Crippen molar-refractivity contribution in [2.75, 3.05) is 43.5 Å². The molecule has 36 heavy (non-hydrogen) atoms. The zero-order valence-corrected chi connectivity index (χ0v) is 21.5. The minimum atomic E-state index is -4.02. The molecule has 1 amide bonds. The largest absolute Gasteiger partial charge is 0.465 e. The van der Waals surface area contributed by atoms with Crippen LogP contribution in [0.1, 0.15) is 31.8 Å². The number of aryl methyl sites for hydroxylation is 2. The molecule has 0 radical (unpaired) electrons. The van der Waals surface area contributed by atoms with Gasteiger partial charge < -0.3 is 15.0 Å². The van der Waals surface area contributed by atoms with E-state index in [2.05, 4.69) is 35.2 Å². The van der Waals surface area contributed by atoms with Crippen molar-refractivity contribution < 1.29 is 22.7 Å². The number of sulfonamides is 1. The molecule has 10 nitrogen and oxygen atoms in total. The number of carbonyl (C=O) groups excluding carboxylic acids is 2. The Bertz CT molecular complexity index is 1410. The molecule has 1 saturated heterocycles. The van der Waals surface area contributed by atoms with Gasteiger partial charge in [0.15, 0.2) is 0 Å². The second-order valence-corrected chi connectivity index (χ2v) is 10.5. The molecule has 1 aliphatic heterocycles. The Labute approximate surface area is 210 Å². The van der Waals surface area contributed by atoms with Crippen LogP contribution in [0.3, 0.4) is 0 Å². The SMILES string of the molecule is COC(=O)c1cccc(NC(=O)c2cn(C)nc2S(=O)(=O)N2CCN(c3cccc(C)c3C)CC2)c1. The van der Waals surface area contributed by atoms with Crippen molar-refractivity contribution in [3.63, 3.8) is 0 Å². The number of piperazine rings is 1. The number of hydrogen-bond acceptors (Lipinski definition) is 7. The van der Waals surface area contributed by atoms with E-state index in [1.807, 2.05) is 12.1 Å². The van der Waals surface area contributed by atoms with Crippen LogP contribution in [0.2, 0.25) is 0 Å². The molecule has 0 atom stereocenters. The second kappa shape index (κ2) is 10.1. The highest BCUT2D eigenvalue weighted by molar-refractivity contribution is 7.89. The molecule has 11 heteroatoms. The maximum absolute atomic E-state index is 13.5. The third-order valence-corrected chi connectivity index (χ3v) is 8.16. The first kappa shape index (κ1) is 25.4. The van der Waals surface area contributed by atoms with Crippen molar-refractivity contribution in [1.82, 2.24) is 14.1 Å². The van der Waals surface area contributed by atoms with E-state index in [9.17, 15) is 18.0 Å². The molecule has 1 aromatic heterocycles. The van der Waals surface area contributed by atoms with Crippen LogP contribution in [0.5, 0.6) is 0 Å². The number of hydrogen-bond donors (Lipinski definition) is 1. The third-order valence-electron chi connectivity index (χ3n) is 6.32. The van der Waals surface area contributed by atoms with Crippen LogP contribution in [0.4, 0.5) is 11.4 Å². The molecule has 1 fully saturated rings. The van der Waals surface area contributed by atoms with Gasteiger partial charge in [0.05, 0.1) is 18.2 Å². The van der Waals surface area contributed by atoms with E-state index in [0.29, 0.717) is 18.8 Å². The van der Waals surface area contributed by atoms with Crippen LogP contribution < -0.4 is 10.2 Å². The van der Waals surface area contributed by atoms with E-state index in [-0.39, 0.29) is 29.2 Å². The molecule has 3 aromatic rings. The third kappa shape index (κ3) is 4.98. The molecule has 4 rings (SSSR count). The molecular formula is C25H29N5O5S. The summed E-state index contributed by atoms with van der Waals surface area (Å²) in [6, 6.07) is 12.3. The number of nitrogens with zero attached hydrogens (tertiary/aromatic N) is 4. The summed E-state index contributed by atoms with van der Waals surface area (Å²) in [7, 11) is -1.19. The Morgan fingerprint density at radius 3 is 2.42 bits per heavy atom. The summed E-state index contributed by atoms with van der Waals surface area (Å²) < 4.78 is 34.4. The van der Waals surface area contributed by atoms with Crippen molar-refractivity contribution >= 4 is 33.3 Å². The van der Waals surface area contributed by atoms with Gasteiger partial charge in [0, 0.05) is 50.8 Å². The van der Waals surface area contributed by atoms with Crippen LogP contribution >= 0.6 is 0 Å². The van der Waals surface area contributed by atoms with E-state index < -0.39 is 21.9 Å². The monoisotopic (exact) mass is 511 g/mol. The van der Waals surface area contributed by atoms with E-state index in [0.717, 1.165) is 5.69 Å². The lowest BCUT2D eigenvalue weighted by Crippen LogP contribution is -2.49. The molecule has 0 spiro atoms. The molecule has 1 N–H and O–H groups in total. The summed E-state index contributed by atoms with van der Waals surface area (Å²) >= 11 is 0. The average molecular weight is 512 g/mol. The number of carbonyl (C=O) groups is 2. The summed E-state index contributed by atoms with van der Waals surface area (Å²) in [5.74, 6) is -1.19. The summed E-state index contributed by atoms with van der Waals surface area (Å²) in [6.45, 7) is 5.71. The van der Waals surface area contributed by atoms with Gasteiger partial charge in [0.25, 0.3) is 15.9 Å². The lowest BCUT2D eigenvalue weighted by Gasteiger charge is -2.36. The van der Waals surface area contributed by atoms with Gasteiger partial charge in [-0.1, -0.05) is 18.2 Å². The van der Waals surface area contributed by atoms with E-state index in [4.69, 9.17) is 4.74 Å². The summed E-state index contributed by atoms with van der Waals surface area (Å²) in [5, 5.41) is 6.48. The highest BCUT2D eigenvalue weighted by Crippen LogP contribution is 2.26. The number of esters is 1. The molecule has 0 aliphatic carbocycles. The Morgan fingerprint density at radius 1 is 1.03 bits per heavy atom. The number of amides is 1. The molecule has 2 heterocycles. The summed E-state index contributed by atoms with van der Waals surface area (Å²) in [5.41, 5.74) is 3.97. The fourth-order valence-electron chi connectivity index (χ4n) is 4.22. The molecule has 1 aliphatic rings. The number of nitrogens with one attached hydrogen (secondary N) is 1.